The van der Waals surface area contributed by atoms with Crippen molar-refractivity contribution in [3.05, 3.63) is 40.8 Å². The highest BCUT2D eigenvalue weighted by molar-refractivity contribution is 5.97. The summed E-state index contributed by atoms with van der Waals surface area (Å²) in [7, 11) is 1.19. The highest BCUT2D eigenvalue weighted by Gasteiger charge is 2.24. The van der Waals surface area contributed by atoms with Gasteiger partial charge < -0.3 is 19.5 Å². The molecule has 6 nitrogen and oxygen atoms in total. The van der Waals surface area contributed by atoms with E-state index in [-0.39, 0.29) is 11.3 Å². The molecule has 1 aromatic carbocycles. The molecule has 23 heavy (non-hydrogen) atoms. The number of carbonyl (C=O) groups is 2. The van der Waals surface area contributed by atoms with Crippen molar-refractivity contribution in [3.63, 3.8) is 0 Å². The molecule has 0 bridgehead atoms. The molecule has 1 heterocycles. The SMILES string of the molecule is COC(=O)/C(=C\c1cccc(F)c1C1OCCCO1)NC(C)=O. The zero-order valence-electron chi connectivity index (χ0n) is 12.9. The molecule has 0 atom stereocenters. The summed E-state index contributed by atoms with van der Waals surface area (Å²) in [4.78, 5) is 23.0. The Morgan fingerprint density at radius 2 is 2.04 bits per heavy atom. The van der Waals surface area contributed by atoms with Crippen LogP contribution in [0.15, 0.2) is 23.9 Å². The highest BCUT2D eigenvalue weighted by Crippen LogP contribution is 2.29. The van der Waals surface area contributed by atoms with E-state index in [9.17, 15) is 14.0 Å². The van der Waals surface area contributed by atoms with Crippen LogP contribution in [0.4, 0.5) is 4.39 Å². The summed E-state index contributed by atoms with van der Waals surface area (Å²) in [6.07, 6.45) is 1.22. The van der Waals surface area contributed by atoms with Crippen LogP contribution in [0.2, 0.25) is 0 Å². The summed E-state index contributed by atoms with van der Waals surface area (Å²) in [5, 5.41) is 2.37. The Bertz CT molecular complexity index is 623. The van der Waals surface area contributed by atoms with E-state index in [0.717, 1.165) is 6.42 Å². The van der Waals surface area contributed by atoms with E-state index >= 15 is 0 Å². The fraction of sp³-hybridized carbons (Fsp3) is 0.375. The van der Waals surface area contributed by atoms with E-state index in [1.54, 1.807) is 6.07 Å². The summed E-state index contributed by atoms with van der Waals surface area (Å²) in [6, 6.07) is 4.38. The average Bonchev–Trinajstić information content (AvgIpc) is 2.54. The van der Waals surface area contributed by atoms with Gasteiger partial charge in [-0.15, -0.1) is 0 Å². The summed E-state index contributed by atoms with van der Waals surface area (Å²) in [6.45, 7) is 2.17. The zero-order chi connectivity index (χ0) is 16.8. The van der Waals surface area contributed by atoms with Crippen molar-refractivity contribution >= 4 is 18.0 Å². The molecule has 1 saturated heterocycles. The maximum Gasteiger partial charge on any atom is 0.354 e. The molecule has 2 rings (SSSR count). The van der Waals surface area contributed by atoms with Crippen molar-refractivity contribution in [2.45, 2.75) is 19.6 Å². The third kappa shape index (κ3) is 4.37. The number of hydrogen-bond donors (Lipinski definition) is 1. The van der Waals surface area contributed by atoms with Gasteiger partial charge in [-0.2, -0.15) is 0 Å². The van der Waals surface area contributed by atoms with Gasteiger partial charge in [-0.3, -0.25) is 4.79 Å². The van der Waals surface area contributed by atoms with Gasteiger partial charge in [0, 0.05) is 6.92 Å². The third-order valence-corrected chi connectivity index (χ3v) is 3.17. The molecule has 0 saturated carbocycles. The number of halogens is 1. The number of benzene rings is 1. The number of esters is 1. The van der Waals surface area contributed by atoms with Crippen LogP contribution in [0.5, 0.6) is 0 Å². The molecule has 1 fully saturated rings. The second-order valence-corrected chi connectivity index (χ2v) is 4.90. The Morgan fingerprint density at radius 3 is 2.65 bits per heavy atom. The third-order valence-electron chi connectivity index (χ3n) is 3.17. The van der Waals surface area contributed by atoms with Crippen LogP contribution in [-0.4, -0.2) is 32.2 Å². The normalized spacial score (nSPS) is 16.0. The molecule has 124 valence electrons. The van der Waals surface area contributed by atoms with Crippen LogP contribution in [0.1, 0.15) is 30.8 Å². The predicted molar refractivity (Wildman–Crippen MR) is 79.5 cm³/mol. The summed E-state index contributed by atoms with van der Waals surface area (Å²) < 4.78 is 29.7. The second-order valence-electron chi connectivity index (χ2n) is 4.90. The first kappa shape index (κ1) is 17.1. The molecule has 0 unspecified atom stereocenters. The number of ether oxygens (including phenoxy) is 3. The first-order valence-electron chi connectivity index (χ1n) is 7.12. The van der Waals surface area contributed by atoms with Gasteiger partial charge >= 0.3 is 5.97 Å². The van der Waals surface area contributed by atoms with Crippen LogP contribution in [0.3, 0.4) is 0 Å². The van der Waals surface area contributed by atoms with Gasteiger partial charge in [0.15, 0.2) is 6.29 Å². The lowest BCUT2D eigenvalue weighted by Crippen LogP contribution is -2.26. The molecule has 1 amide bonds. The lowest BCUT2D eigenvalue weighted by Gasteiger charge is -2.25. The number of amides is 1. The van der Waals surface area contributed by atoms with E-state index in [2.05, 4.69) is 10.1 Å². The summed E-state index contributed by atoms with van der Waals surface area (Å²) in [5.74, 6) is -1.69. The van der Waals surface area contributed by atoms with Crippen molar-refractivity contribution in [2.24, 2.45) is 0 Å². The van der Waals surface area contributed by atoms with Crippen molar-refractivity contribution in [1.82, 2.24) is 5.32 Å². The average molecular weight is 323 g/mol. The summed E-state index contributed by atoms with van der Waals surface area (Å²) >= 11 is 0. The van der Waals surface area contributed by atoms with E-state index in [1.165, 1.54) is 32.2 Å². The molecule has 7 heteroatoms. The smallest absolute Gasteiger partial charge is 0.354 e. The first-order valence-corrected chi connectivity index (χ1v) is 7.12. The van der Waals surface area contributed by atoms with Crippen LogP contribution in [-0.2, 0) is 23.8 Å². The van der Waals surface area contributed by atoms with E-state index < -0.39 is 24.0 Å². The van der Waals surface area contributed by atoms with Crippen LogP contribution < -0.4 is 5.32 Å². The molecule has 1 N–H and O–H groups in total. The molecule has 0 aliphatic carbocycles. The number of methoxy groups -OCH3 is 1. The second kappa shape index (κ2) is 7.85. The summed E-state index contributed by atoms with van der Waals surface area (Å²) in [5.41, 5.74) is 0.452. The van der Waals surface area contributed by atoms with Gasteiger partial charge in [0.1, 0.15) is 11.5 Å². The molecule has 0 aromatic heterocycles. The molecule has 1 aromatic rings. The van der Waals surface area contributed by atoms with Gasteiger partial charge in [-0.05, 0) is 24.1 Å². The Morgan fingerprint density at radius 1 is 1.35 bits per heavy atom. The topological polar surface area (TPSA) is 73.9 Å². The van der Waals surface area contributed by atoms with E-state index in [1.807, 2.05) is 0 Å². The maximum absolute atomic E-state index is 14.2. The minimum Gasteiger partial charge on any atom is -0.464 e. The molecule has 1 aliphatic rings. The van der Waals surface area contributed by atoms with Crippen LogP contribution >= 0.6 is 0 Å². The van der Waals surface area contributed by atoms with E-state index in [0.29, 0.717) is 18.8 Å². The number of rotatable bonds is 4. The number of carbonyl (C=O) groups excluding carboxylic acids is 2. The van der Waals surface area contributed by atoms with Crippen molar-refractivity contribution in [3.8, 4) is 0 Å². The predicted octanol–water partition coefficient (Wildman–Crippen LogP) is 1.91. The highest BCUT2D eigenvalue weighted by atomic mass is 19.1. The van der Waals surface area contributed by atoms with Gasteiger partial charge in [0.05, 0.1) is 25.9 Å². The number of nitrogens with one attached hydrogen (secondary N) is 1. The van der Waals surface area contributed by atoms with E-state index in [4.69, 9.17) is 9.47 Å². The Kier molecular flexibility index (Phi) is 5.84. The largest absolute Gasteiger partial charge is 0.464 e. The molecular weight excluding hydrogens is 305 g/mol. The Balaban J connectivity index is 2.44. The standard InChI is InChI=1S/C16H18FNO5/c1-10(19)18-13(15(20)21-2)9-11-5-3-6-12(17)14(11)16-22-7-4-8-23-16/h3,5-6,9,16H,4,7-8H2,1-2H3,(H,18,19)/b13-9+. The van der Waals surface area contributed by atoms with Crippen LogP contribution in [0.25, 0.3) is 6.08 Å². The van der Waals surface area contributed by atoms with Gasteiger partial charge in [-0.1, -0.05) is 12.1 Å². The van der Waals surface area contributed by atoms with Gasteiger partial charge in [0.2, 0.25) is 5.91 Å². The minimum atomic E-state index is -0.854. The lowest BCUT2D eigenvalue weighted by molar-refractivity contribution is -0.184. The lowest BCUT2D eigenvalue weighted by atomic mass is 10.0. The minimum absolute atomic E-state index is 0.0948. The Hall–Kier alpha value is -2.25. The fourth-order valence-electron chi connectivity index (χ4n) is 2.18. The van der Waals surface area contributed by atoms with Crippen LogP contribution in [0, 0.1) is 5.82 Å². The first-order chi connectivity index (χ1) is 11.0. The van der Waals surface area contributed by atoms with Crippen molar-refractivity contribution < 1.29 is 28.2 Å². The molecule has 0 spiro atoms. The monoisotopic (exact) mass is 323 g/mol. The van der Waals surface area contributed by atoms with Crippen molar-refractivity contribution in [1.29, 1.82) is 0 Å². The van der Waals surface area contributed by atoms with Crippen molar-refractivity contribution in [2.75, 3.05) is 20.3 Å². The molecule has 0 radical (unpaired) electrons. The zero-order valence-corrected chi connectivity index (χ0v) is 12.9. The van der Waals surface area contributed by atoms with Gasteiger partial charge in [-0.25, -0.2) is 9.18 Å². The Labute approximate surface area is 133 Å². The number of hydrogen-bond acceptors (Lipinski definition) is 5. The quantitative estimate of drug-likeness (QED) is 0.677. The maximum atomic E-state index is 14.2. The molecular formula is C16H18FNO5. The molecule has 1 aliphatic heterocycles. The van der Waals surface area contributed by atoms with Gasteiger partial charge in [0.25, 0.3) is 0 Å². The fourth-order valence-corrected chi connectivity index (χ4v) is 2.18.